The maximum absolute atomic E-state index is 9.23. The SMILES string of the molecule is CC(CCc1ccc(O)cc1)NOCc1ccccc1. The minimum absolute atomic E-state index is 0.285. The predicted octanol–water partition coefficient (Wildman–Crippen LogP) is 3.43. The van der Waals surface area contributed by atoms with Gasteiger partial charge in [0, 0.05) is 6.04 Å². The molecule has 106 valence electrons. The van der Waals surface area contributed by atoms with Gasteiger partial charge in [0.25, 0.3) is 0 Å². The van der Waals surface area contributed by atoms with Crippen molar-refractivity contribution in [2.45, 2.75) is 32.4 Å². The second-order valence-corrected chi connectivity index (χ2v) is 5.00. The molecule has 2 aromatic rings. The van der Waals surface area contributed by atoms with Crippen LogP contribution in [0, 0.1) is 0 Å². The number of aryl methyl sites for hydroxylation is 1. The molecule has 1 atom stereocenters. The fourth-order valence-corrected chi connectivity index (χ4v) is 1.95. The fourth-order valence-electron chi connectivity index (χ4n) is 1.95. The van der Waals surface area contributed by atoms with Gasteiger partial charge in [-0.15, -0.1) is 0 Å². The van der Waals surface area contributed by atoms with E-state index in [0.29, 0.717) is 12.4 Å². The van der Waals surface area contributed by atoms with Crippen LogP contribution in [-0.2, 0) is 17.9 Å². The van der Waals surface area contributed by atoms with E-state index in [9.17, 15) is 5.11 Å². The molecule has 0 fully saturated rings. The number of hydrogen-bond acceptors (Lipinski definition) is 3. The molecule has 2 rings (SSSR count). The Morgan fingerprint density at radius 1 is 1.00 bits per heavy atom. The van der Waals surface area contributed by atoms with Gasteiger partial charge in [-0.1, -0.05) is 42.5 Å². The summed E-state index contributed by atoms with van der Waals surface area (Å²) in [6.45, 7) is 2.68. The minimum Gasteiger partial charge on any atom is -0.508 e. The number of nitrogens with one attached hydrogen (secondary N) is 1. The van der Waals surface area contributed by atoms with Crippen molar-refractivity contribution in [3.05, 3.63) is 65.7 Å². The first-order valence-electron chi connectivity index (χ1n) is 6.93. The van der Waals surface area contributed by atoms with Crippen LogP contribution in [0.3, 0.4) is 0 Å². The van der Waals surface area contributed by atoms with Crippen molar-refractivity contribution in [2.24, 2.45) is 0 Å². The molecule has 3 heteroatoms. The van der Waals surface area contributed by atoms with E-state index in [-0.39, 0.29) is 6.04 Å². The lowest BCUT2D eigenvalue weighted by molar-refractivity contribution is 0.00588. The van der Waals surface area contributed by atoms with Gasteiger partial charge in [0.1, 0.15) is 5.75 Å². The van der Waals surface area contributed by atoms with Gasteiger partial charge in [0.05, 0.1) is 6.61 Å². The molecule has 0 aliphatic carbocycles. The fraction of sp³-hybridized carbons (Fsp3) is 0.294. The van der Waals surface area contributed by atoms with Crippen molar-refractivity contribution >= 4 is 0 Å². The Labute approximate surface area is 120 Å². The number of hydrogen-bond donors (Lipinski definition) is 2. The van der Waals surface area contributed by atoms with Crippen LogP contribution < -0.4 is 5.48 Å². The van der Waals surface area contributed by atoms with Gasteiger partial charge in [-0.25, -0.2) is 0 Å². The molecule has 0 radical (unpaired) electrons. The summed E-state index contributed by atoms with van der Waals surface area (Å²) in [5.41, 5.74) is 5.44. The van der Waals surface area contributed by atoms with Crippen LogP contribution in [0.1, 0.15) is 24.5 Å². The third kappa shape index (κ3) is 5.03. The molecule has 2 N–H and O–H groups in total. The Balaban J connectivity index is 1.65. The Morgan fingerprint density at radius 2 is 1.70 bits per heavy atom. The quantitative estimate of drug-likeness (QED) is 0.758. The average molecular weight is 271 g/mol. The van der Waals surface area contributed by atoms with Crippen LogP contribution in [0.25, 0.3) is 0 Å². The molecule has 0 aliphatic rings. The van der Waals surface area contributed by atoms with E-state index in [1.54, 1.807) is 12.1 Å². The van der Waals surface area contributed by atoms with Gasteiger partial charge in [-0.05, 0) is 43.0 Å². The van der Waals surface area contributed by atoms with Crippen molar-refractivity contribution in [2.75, 3.05) is 0 Å². The van der Waals surface area contributed by atoms with E-state index in [2.05, 4.69) is 12.4 Å². The standard InChI is InChI=1S/C17H21NO2/c1-14(7-8-15-9-11-17(19)12-10-15)18-20-13-16-5-3-2-4-6-16/h2-6,9-12,14,18-19H,7-8,13H2,1H3. The summed E-state index contributed by atoms with van der Waals surface area (Å²) in [6.07, 6.45) is 1.95. The number of benzene rings is 2. The van der Waals surface area contributed by atoms with E-state index in [4.69, 9.17) is 4.84 Å². The molecule has 0 heterocycles. The highest BCUT2D eigenvalue weighted by Crippen LogP contribution is 2.12. The largest absolute Gasteiger partial charge is 0.508 e. The van der Waals surface area contributed by atoms with Gasteiger partial charge in [-0.3, -0.25) is 4.84 Å². The molecule has 0 saturated heterocycles. The van der Waals surface area contributed by atoms with Crippen LogP contribution in [0.4, 0.5) is 0 Å². The highest BCUT2D eigenvalue weighted by molar-refractivity contribution is 5.25. The first-order chi connectivity index (χ1) is 9.74. The lowest BCUT2D eigenvalue weighted by Gasteiger charge is -2.13. The van der Waals surface area contributed by atoms with Gasteiger partial charge in [0.2, 0.25) is 0 Å². The molecule has 0 aliphatic heterocycles. The summed E-state index contributed by atoms with van der Waals surface area (Å²) < 4.78 is 0. The Kier molecular flexibility index (Phi) is 5.59. The second kappa shape index (κ2) is 7.68. The summed E-state index contributed by atoms with van der Waals surface area (Å²) >= 11 is 0. The molecule has 0 saturated carbocycles. The lowest BCUT2D eigenvalue weighted by atomic mass is 10.1. The molecule has 0 spiro atoms. The number of phenolic OH excluding ortho intramolecular Hbond substituents is 1. The molecule has 0 bridgehead atoms. The third-order valence-electron chi connectivity index (χ3n) is 3.17. The first-order valence-corrected chi connectivity index (χ1v) is 6.93. The van der Waals surface area contributed by atoms with Gasteiger partial charge in [0.15, 0.2) is 0 Å². The number of phenols is 1. The van der Waals surface area contributed by atoms with Crippen LogP contribution >= 0.6 is 0 Å². The molecule has 0 amide bonds. The summed E-state index contributed by atoms with van der Waals surface area (Å²) in [7, 11) is 0. The maximum atomic E-state index is 9.23. The molecular formula is C17H21NO2. The van der Waals surface area contributed by atoms with Gasteiger partial charge < -0.3 is 5.11 Å². The second-order valence-electron chi connectivity index (χ2n) is 5.00. The topological polar surface area (TPSA) is 41.5 Å². The Morgan fingerprint density at radius 3 is 2.40 bits per heavy atom. The zero-order valence-corrected chi connectivity index (χ0v) is 11.8. The number of aromatic hydroxyl groups is 1. The van der Waals surface area contributed by atoms with Crippen molar-refractivity contribution in [3.63, 3.8) is 0 Å². The van der Waals surface area contributed by atoms with E-state index in [1.165, 1.54) is 5.56 Å². The summed E-state index contributed by atoms with van der Waals surface area (Å²) in [5.74, 6) is 0.311. The smallest absolute Gasteiger partial charge is 0.115 e. The third-order valence-corrected chi connectivity index (χ3v) is 3.17. The Bertz CT molecular complexity index is 496. The zero-order valence-electron chi connectivity index (χ0n) is 11.8. The molecule has 20 heavy (non-hydrogen) atoms. The Hall–Kier alpha value is -1.84. The molecule has 1 unspecified atom stereocenters. The van der Waals surface area contributed by atoms with Crippen LogP contribution in [-0.4, -0.2) is 11.1 Å². The van der Waals surface area contributed by atoms with Crippen molar-refractivity contribution in [1.29, 1.82) is 0 Å². The van der Waals surface area contributed by atoms with Gasteiger partial charge in [-0.2, -0.15) is 5.48 Å². The maximum Gasteiger partial charge on any atom is 0.115 e. The van der Waals surface area contributed by atoms with Crippen molar-refractivity contribution in [1.82, 2.24) is 5.48 Å². The molecule has 3 nitrogen and oxygen atoms in total. The zero-order chi connectivity index (χ0) is 14.2. The molecular weight excluding hydrogens is 250 g/mol. The van der Waals surface area contributed by atoms with Crippen LogP contribution in [0.5, 0.6) is 5.75 Å². The average Bonchev–Trinajstić information content (AvgIpc) is 2.48. The van der Waals surface area contributed by atoms with E-state index in [1.807, 2.05) is 42.5 Å². The van der Waals surface area contributed by atoms with Gasteiger partial charge >= 0.3 is 0 Å². The minimum atomic E-state index is 0.285. The molecule has 2 aromatic carbocycles. The highest BCUT2D eigenvalue weighted by atomic mass is 16.6. The van der Waals surface area contributed by atoms with Crippen molar-refractivity contribution in [3.8, 4) is 5.75 Å². The number of rotatable bonds is 7. The summed E-state index contributed by atoms with van der Waals surface area (Å²) in [4.78, 5) is 5.50. The van der Waals surface area contributed by atoms with E-state index < -0.39 is 0 Å². The lowest BCUT2D eigenvalue weighted by Crippen LogP contribution is -2.26. The predicted molar refractivity (Wildman–Crippen MR) is 80.3 cm³/mol. The monoisotopic (exact) mass is 271 g/mol. The first kappa shape index (κ1) is 14.6. The van der Waals surface area contributed by atoms with Crippen LogP contribution in [0.2, 0.25) is 0 Å². The highest BCUT2D eigenvalue weighted by Gasteiger charge is 2.03. The molecule has 0 aromatic heterocycles. The normalized spacial score (nSPS) is 12.2. The van der Waals surface area contributed by atoms with E-state index >= 15 is 0 Å². The van der Waals surface area contributed by atoms with E-state index in [0.717, 1.165) is 18.4 Å². The number of hydroxylamine groups is 1. The van der Waals surface area contributed by atoms with Crippen LogP contribution in [0.15, 0.2) is 54.6 Å². The van der Waals surface area contributed by atoms with Crippen molar-refractivity contribution < 1.29 is 9.94 Å². The summed E-state index contributed by atoms with van der Waals surface area (Å²) in [5, 5.41) is 9.23. The summed E-state index contributed by atoms with van der Waals surface area (Å²) in [6, 6.07) is 17.7.